The van der Waals surface area contributed by atoms with Gasteiger partial charge in [0.05, 0.1) is 38.8 Å². The molecule has 5 atom stereocenters. The number of hydrogen-bond acceptors (Lipinski definition) is 6. The average molecular weight is 310 g/mol. The molecule has 3 rings (SSSR count). The van der Waals surface area contributed by atoms with E-state index in [9.17, 15) is 14.4 Å². The van der Waals surface area contributed by atoms with Gasteiger partial charge in [-0.1, -0.05) is 0 Å². The Morgan fingerprint density at radius 2 is 1.91 bits per heavy atom. The van der Waals surface area contributed by atoms with Gasteiger partial charge in [-0.25, -0.2) is 0 Å². The second-order valence-corrected chi connectivity index (χ2v) is 6.55. The lowest BCUT2D eigenvalue weighted by Gasteiger charge is -2.40. The van der Waals surface area contributed by atoms with Gasteiger partial charge in [-0.3, -0.25) is 14.4 Å². The number of rotatable bonds is 2. The van der Waals surface area contributed by atoms with Gasteiger partial charge in [0.2, 0.25) is 0 Å². The monoisotopic (exact) mass is 310 g/mol. The van der Waals surface area contributed by atoms with E-state index >= 15 is 0 Å². The molecule has 6 nitrogen and oxygen atoms in total. The van der Waals surface area contributed by atoms with Crippen molar-refractivity contribution >= 4 is 17.7 Å². The highest BCUT2D eigenvalue weighted by Crippen LogP contribution is 2.59. The van der Waals surface area contributed by atoms with E-state index in [1.54, 1.807) is 0 Å². The summed E-state index contributed by atoms with van der Waals surface area (Å²) in [4.78, 5) is 38.0. The van der Waals surface area contributed by atoms with Gasteiger partial charge in [0.15, 0.2) is 0 Å². The minimum Gasteiger partial charge on any atom is -0.469 e. The predicted molar refractivity (Wildman–Crippen MR) is 74.7 cm³/mol. The number of fused-ring (bicyclic) bond motifs is 1. The number of ketones is 1. The minimum absolute atomic E-state index is 0.0752. The van der Waals surface area contributed by atoms with Crippen LogP contribution in [0.4, 0.5) is 0 Å². The summed E-state index contributed by atoms with van der Waals surface area (Å²) < 4.78 is 15.8. The molecule has 122 valence electrons. The average Bonchev–Trinajstić information content (AvgIpc) is 2.74. The normalized spacial score (nSPS) is 40.5. The van der Waals surface area contributed by atoms with Crippen molar-refractivity contribution in [3.63, 3.8) is 0 Å². The highest BCUT2D eigenvalue weighted by atomic mass is 16.5. The van der Waals surface area contributed by atoms with Crippen LogP contribution >= 0.6 is 0 Å². The molecule has 0 amide bonds. The summed E-state index contributed by atoms with van der Waals surface area (Å²) in [6.07, 6.45) is 2.26. The number of esters is 2. The third-order valence-electron chi connectivity index (χ3n) is 5.84. The first-order valence-electron chi connectivity index (χ1n) is 7.84. The van der Waals surface area contributed by atoms with Crippen LogP contribution in [0.25, 0.3) is 0 Å². The van der Waals surface area contributed by atoms with Crippen LogP contribution in [0.2, 0.25) is 0 Å². The molecule has 1 saturated heterocycles. The molecule has 2 aliphatic carbocycles. The first kappa shape index (κ1) is 15.5. The summed E-state index contributed by atoms with van der Waals surface area (Å²) in [6.45, 7) is 0.776. The minimum atomic E-state index is -1.11. The maximum absolute atomic E-state index is 12.8. The van der Waals surface area contributed by atoms with Crippen molar-refractivity contribution in [3.05, 3.63) is 0 Å². The molecule has 0 aromatic carbocycles. The van der Waals surface area contributed by atoms with Gasteiger partial charge in [0, 0.05) is 12.3 Å². The molecule has 3 fully saturated rings. The predicted octanol–water partition coefficient (Wildman–Crippen LogP) is 0.970. The van der Waals surface area contributed by atoms with E-state index in [1.165, 1.54) is 14.2 Å². The summed E-state index contributed by atoms with van der Waals surface area (Å²) >= 11 is 0. The lowest BCUT2D eigenvalue weighted by molar-refractivity contribution is -0.176. The van der Waals surface area contributed by atoms with E-state index in [2.05, 4.69) is 0 Å². The van der Waals surface area contributed by atoms with Gasteiger partial charge in [-0.2, -0.15) is 0 Å². The standard InChI is InChI=1S/C16H22O6/c1-20-14(18)13-9-3-6-12(17)11-5-4-10(8-22-7-9)16(11,13)15(19)21-2/h9-11,13H,3-8H2,1-2H3. The topological polar surface area (TPSA) is 78.9 Å². The molecular formula is C16H22O6. The molecule has 3 aliphatic rings. The lowest BCUT2D eigenvalue weighted by atomic mass is 9.60. The van der Waals surface area contributed by atoms with E-state index in [0.29, 0.717) is 38.9 Å². The SMILES string of the molecule is COC(=O)C1C2CCC(=O)C3CCC(COC2)C31C(=O)OC. The summed E-state index contributed by atoms with van der Waals surface area (Å²) in [5.74, 6) is -2.26. The molecule has 0 N–H and O–H groups in total. The fourth-order valence-corrected chi connectivity index (χ4v) is 4.98. The van der Waals surface area contributed by atoms with Crippen LogP contribution in [-0.4, -0.2) is 45.2 Å². The molecule has 0 spiro atoms. The first-order chi connectivity index (χ1) is 10.6. The van der Waals surface area contributed by atoms with Gasteiger partial charge in [-0.05, 0) is 31.1 Å². The number of methoxy groups -OCH3 is 2. The molecule has 22 heavy (non-hydrogen) atoms. The summed E-state index contributed by atoms with van der Waals surface area (Å²) in [6, 6.07) is 0. The van der Waals surface area contributed by atoms with Crippen molar-refractivity contribution in [1.82, 2.24) is 0 Å². The molecule has 2 saturated carbocycles. The smallest absolute Gasteiger partial charge is 0.313 e. The number of carbonyl (C=O) groups excluding carboxylic acids is 3. The lowest BCUT2D eigenvalue weighted by Crippen LogP contribution is -2.53. The Hall–Kier alpha value is -1.43. The Morgan fingerprint density at radius 1 is 1.14 bits per heavy atom. The van der Waals surface area contributed by atoms with Crippen molar-refractivity contribution in [1.29, 1.82) is 0 Å². The van der Waals surface area contributed by atoms with E-state index in [1.807, 2.05) is 0 Å². The van der Waals surface area contributed by atoms with Gasteiger partial charge in [-0.15, -0.1) is 0 Å². The Bertz CT molecular complexity index is 501. The van der Waals surface area contributed by atoms with Gasteiger partial charge in [0.25, 0.3) is 0 Å². The van der Waals surface area contributed by atoms with Gasteiger partial charge in [0.1, 0.15) is 5.78 Å². The Morgan fingerprint density at radius 3 is 2.59 bits per heavy atom. The maximum atomic E-state index is 12.8. The number of Topliss-reactive ketones (excluding diaryl/α,β-unsaturated/α-hetero) is 1. The van der Waals surface area contributed by atoms with E-state index in [4.69, 9.17) is 14.2 Å². The van der Waals surface area contributed by atoms with Crippen LogP contribution < -0.4 is 0 Å². The van der Waals surface area contributed by atoms with E-state index < -0.39 is 29.2 Å². The summed E-state index contributed by atoms with van der Waals surface area (Å²) in [5.41, 5.74) is -1.11. The van der Waals surface area contributed by atoms with Crippen molar-refractivity contribution in [2.45, 2.75) is 25.7 Å². The highest BCUT2D eigenvalue weighted by molar-refractivity contribution is 5.95. The van der Waals surface area contributed by atoms with Gasteiger partial charge >= 0.3 is 11.9 Å². The summed E-state index contributed by atoms with van der Waals surface area (Å²) in [7, 11) is 2.65. The fraction of sp³-hybridized carbons (Fsp3) is 0.812. The van der Waals surface area contributed by atoms with Crippen LogP contribution in [-0.2, 0) is 28.6 Å². The molecule has 0 aromatic rings. The zero-order chi connectivity index (χ0) is 15.9. The van der Waals surface area contributed by atoms with E-state index in [0.717, 1.165) is 0 Å². The molecule has 2 bridgehead atoms. The number of carbonyl (C=O) groups is 3. The van der Waals surface area contributed by atoms with Crippen LogP contribution in [0.15, 0.2) is 0 Å². The third-order valence-corrected chi connectivity index (χ3v) is 5.84. The second-order valence-electron chi connectivity index (χ2n) is 6.55. The number of hydrogen-bond donors (Lipinski definition) is 0. The highest BCUT2D eigenvalue weighted by Gasteiger charge is 2.68. The zero-order valence-corrected chi connectivity index (χ0v) is 13.0. The third kappa shape index (κ3) is 1.93. The van der Waals surface area contributed by atoms with Crippen molar-refractivity contribution in [2.75, 3.05) is 27.4 Å². The Labute approximate surface area is 129 Å². The molecule has 0 radical (unpaired) electrons. The molecule has 5 unspecified atom stereocenters. The molecular weight excluding hydrogens is 288 g/mol. The van der Waals surface area contributed by atoms with Crippen molar-refractivity contribution in [2.24, 2.45) is 29.1 Å². The van der Waals surface area contributed by atoms with Crippen molar-refractivity contribution < 1.29 is 28.6 Å². The van der Waals surface area contributed by atoms with Crippen LogP contribution in [0.5, 0.6) is 0 Å². The van der Waals surface area contributed by atoms with E-state index in [-0.39, 0.29) is 17.6 Å². The van der Waals surface area contributed by atoms with Crippen molar-refractivity contribution in [3.8, 4) is 0 Å². The Balaban J connectivity index is 2.21. The molecule has 6 heteroatoms. The second kappa shape index (κ2) is 5.65. The quantitative estimate of drug-likeness (QED) is 0.707. The Kier molecular flexibility index (Phi) is 3.97. The zero-order valence-electron chi connectivity index (χ0n) is 13.0. The summed E-state index contributed by atoms with van der Waals surface area (Å²) in [5, 5.41) is 0. The maximum Gasteiger partial charge on any atom is 0.313 e. The van der Waals surface area contributed by atoms with Crippen LogP contribution in [0.3, 0.4) is 0 Å². The number of ether oxygens (including phenoxy) is 3. The molecule has 1 heterocycles. The molecule has 0 aromatic heterocycles. The van der Waals surface area contributed by atoms with Gasteiger partial charge < -0.3 is 14.2 Å². The molecule has 1 aliphatic heterocycles. The first-order valence-corrected chi connectivity index (χ1v) is 7.84. The fourth-order valence-electron chi connectivity index (χ4n) is 4.98. The van der Waals surface area contributed by atoms with Crippen LogP contribution in [0.1, 0.15) is 25.7 Å². The van der Waals surface area contributed by atoms with Crippen LogP contribution in [0, 0.1) is 29.1 Å². The largest absolute Gasteiger partial charge is 0.469 e.